The molecule has 0 unspecified atom stereocenters. The monoisotopic (exact) mass is 228 g/mol. The molecule has 82 valence electrons. The maximum atomic E-state index is 10.5. The molecule has 0 aliphatic carbocycles. The van der Waals surface area contributed by atoms with Crippen molar-refractivity contribution in [3.05, 3.63) is 35.4 Å². The second-order valence-corrected chi connectivity index (χ2v) is 3.23. The van der Waals surface area contributed by atoms with E-state index in [1.807, 2.05) is 17.1 Å². The average Bonchev–Trinajstić information content (AvgIpc) is 2.57. The van der Waals surface area contributed by atoms with E-state index in [1.165, 1.54) is 11.1 Å². The van der Waals surface area contributed by atoms with Crippen LogP contribution in [0.2, 0.25) is 0 Å². The fourth-order valence-electron chi connectivity index (χ4n) is 1.55. The summed E-state index contributed by atoms with van der Waals surface area (Å²) in [5, 5.41) is 1.88. The average molecular weight is 229 g/mol. The molecule has 2 amide bonds. The number of nitrogens with zero attached hydrogens (tertiary/aromatic N) is 1. The van der Waals surface area contributed by atoms with Crippen molar-refractivity contribution in [3.63, 3.8) is 0 Å². The maximum Gasteiger partial charge on any atom is 0.327 e. The van der Waals surface area contributed by atoms with Crippen molar-refractivity contribution in [2.45, 2.75) is 13.1 Å². The Morgan fingerprint density at radius 2 is 1.80 bits per heavy atom. The van der Waals surface area contributed by atoms with Crippen molar-refractivity contribution in [2.75, 3.05) is 0 Å². The van der Waals surface area contributed by atoms with Crippen molar-refractivity contribution in [3.8, 4) is 0 Å². The third kappa shape index (κ3) is 2.82. The van der Waals surface area contributed by atoms with Crippen LogP contribution in [0, 0.1) is 0 Å². The van der Waals surface area contributed by atoms with Gasteiger partial charge in [0.25, 0.3) is 0 Å². The first kappa shape index (κ1) is 11.8. The summed E-state index contributed by atoms with van der Waals surface area (Å²) in [5.41, 5.74) is 12.5. The highest BCUT2D eigenvalue weighted by Gasteiger charge is 2.17. The van der Waals surface area contributed by atoms with Gasteiger partial charge in [-0.1, -0.05) is 24.3 Å². The molecule has 1 aromatic rings. The lowest BCUT2D eigenvalue weighted by atomic mass is 10.1. The highest BCUT2D eigenvalue weighted by atomic mass is 35.5. The zero-order chi connectivity index (χ0) is 9.97. The van der Waals surface area contributed by atoms with Crippen LogP contribution in [-0.2, 0) is 13.1 Å². The van der Waals surface area contributed by atoms with Crippen LogP contribution in [0.5, 0.6) is 0 Å². The standard InChI is InChI=1S/C9H12N4O.ClH/c10-9(14)11-12-13-5-7-3-1-2-4-8(7)6-13;/h1-4,12H,5-6H2,(H3,10,11,14);1H. The predicted octanol–water partition coefficient (Wildman–Crippen LogP) is 0.512. The molecular formula is C9H13ClN4O. The van der Waals surface area contributed by atoms with Crippen LogP contribution in [-0.4, -0.2) is 11.0 Å². The first-order valence-corrected chi connectivity index (χ1v) is 4.38. The van der Waals surface area contributed by atoms with E-state index in [9.17, 15) is 4.79 Å². The number of amides is 2. The Morgan fingerprint density at radius 3 is 2.27 bits per heavy atom. The van der Waals surface area contributed by atoms with Gasteiger partial charge in [0.15, 0.2) is 0 Å². The van der Waals surface area contributed by atoms with Crippen molar-refractivity contribution in [2.24, 2.45) is 5.73 Å². The van der Waals surface area contributed by atoms with Crippen LogP contribution >= 0.6 is 12.4 Å². The van der Waals surface area contributed by atoms with Gasteiger partial charge in [-0.15, -0.1) is 12.4 Å². The summed E-state index contributed by atoms with van der Waals surface area (Å²) in [6.45, 7) is 1.55. The lowest BCUT2D eigenvalue weighted by Gasteiger charge is -2.15. The molecule has 0 fully saturated rings. The van der Waals surface area contributed by atoms with Crippen LogP contribution in [0.25, 0.3) is 0 Å². The van der Waals surface area contributed by atoms with Crippen molar-refractivity contribution in [1.82, 2.24) is 16.0 Å². The van der Waals surface area contributed by atoms with Gasteiger partial charge >= 0.3 is 6.03 Å². The van der Waals surface area contributed by atoms with Crippen LogP contribution in [0.3, 0.4) is 0 Å². The molecule has 1 aliphatic heterocycles. The highest BCUT2D eigenvalue weighted by molar-refractivity contribution is 5.85. The Balaban J connectivity index is 0.00000112. The van der Waals surface area contributed by atoms with Crippen LogP contribution in [0.1, 0.15) is 11.1 Å². The first-order valence-electron chi connectivity index (χ1n) is 4.38. The molecule has 4 N–H and O–H groups in total. The van der Waals surface area contributed by atoms with Gasteiger partial charge in [-0.2, -0.15) is 5.53 Å². The van der Waals surface area contributed by atoms with Crippen molar-refractivity contribution >= 4 is 18.4 Å². The van der Waals surface area contributed by atoms with E-state index in [-0.39, 0.29) is 12.4 Å². The number of hydrogen-bond donors (Lipinski definition) is 3. The zero-order valence-electron chi connectivity index (χ0n) is 8.06. The smallest absolute Gasteiger partial charge is 0.327 e. The molecule has 1 aromatic carbocycles. The molecule has 0 aromatic heterocycles. The number of hydrogen-bond acceptors (Lipinski definition) is 3. The first-order chi connectivity index (χ1) is 6.75. The molecule has 0 bridgehead atoms. The van der Waals surface area contributed by atoms with Gasteiger partial charge < -0.3 is 5.73 Å². The Kier molecular flexibility index (Phi) is 3.90. The molecule has 1 aliphatic rings. The molecule has 2 rings (SSSR count). The number of carbonyl (C=O) groups excluding carboxylic acids is 1. The summed E-state index contributed by atoms with van der Waals surface area (Å²) >= 11 is 0. The number of hydrazine groups is 2. The van der Waals surface area contributed by atoms with E-state index in [4.69, 9.17) is 5.73 Å². The number of halogens is 1. The summed E-state index contributed by atoms with van der Waals surface area (Å²) in [6, 6.07) is 7.57. The predicted molar refractivity (Wildman–Crippen MR) is 58.8 cm³/mol. The topological polar surface area (TPSA) is 70.4 Å². The van der Waals surface area contributed by atoms with Gasteiger partial charge in [0.05, 0.1) is 0 Å². The fraction of sp³-hybridized carbons (Fsp3) is 0.222. The Hall–Kier alpha value is -1.30. The van der Waals surface area contributed by atoms with E-state index in [1.54, 1.807) is 0 Å². The highest BCUT2D eigenvalue weighted by Crippen LogP contribution is 2.19. The molecular weight excluding hydrogens is 216 g/mol. The lowest BCUT2D eigenvalue weighted by molar-refractivity contribution is 0.155. The van der Waals surface area contributed by atoms with Gasteiger partial charge in [-0.3, -0.25) is 5.43 Å². The SMILES string of the molecule is Cl.NC(=O)NNN1Cc2ccccc2C1. The van der Waals surface area contributed by atoms with E-state index in [0.717, 1.165) is 13.1 Å². The molecule has 15 heavy (non-hydrogen) atoms. The fourth-order valence-corrected chi connectivity index (χ4v) is 1.55. The molecule has 0 spiro atoms. The van der Waals surface area contributed by atoms with E-state index in [0.29, 0.717) is 0 Å². The number of primary amides is 1. The molecule has 0 radical (unpaired) electrons. The number of nitrogens with one attached hydrogen (secondary N) is 2. The summed E-state index contributed by atoms with van der Waals surface area (Å²) in [5.74, 6) is 0. The Bertz CT molecular complexity index is 333. The number of benzene rings is 1. The van der Waals surface area contributed by atoms with Crippen LogP contribution < -0.4 is 16.7 Å². The molecule has 1 heterocycles. The lowest BCUT2D eigenvalue weighted by Crippen LogP contribution is -2.49. The molecule has 6 heteroatoms. The summed E-state index contributed by atoms with van der Waals surface area (Å²) in [7, 11) is 0. The normalized spacial score (nSPS) is 14.1. The minimum Gasteiger partial charge on any atom is -0.351 e. The van der Waals surface area contributed by atoms with Gasteiger partial charge in [-0.25, -0.2) is 9.80 Å². The van der Waals surface area contributed by atoms with E-state index in [2.05, 4.69) is 23.1 Å². The van der Waals surface area contributed by atoms with Gasteiger partial charge in [0, 0.05) is 13.1 Å². The zero-order valence-corrected chi connectivity index (χ0v) is 8.88. The largest absolute Gasteiger partial charge is 0.351 e. The second-order valence-electron chi connectivity index (χ2n) is 3.23. The van der Waals surface area contributed by atoms with E-state index < -0.39 is 6.03 Å². The number of nitrogens with two attached hydrogens (primary N) is 1. The molecule has 0 saturated carbocycles. The minimum atomic E-state index is -0.582. The number of fused-ring (bicyclic) bond motifs is 1. The Morgan fingerprint density at radius 1 is 1.27 bits per heavy atom. The molecule has 0 atom stereocenters. The number of rotatable bonds is 2. The molecule has 5 nitrogen and oxygen atoms in total. The van der Waals surface area contributed by atoms with Gasteiger partial charge in [0.2, 0.25) is 0 Å². The second kappa shape index (κ2) is 4.97. The Labute approximate surface area is 94.0 Å². The summed E-state index contributed by atoms with van der Waals surface area (Å²) in [6.07, 6.45) is 0. The number of urea groups is 1. The van der Waals surface area contributed by atoms with Gasteiger partial charge in [-0.05, 0) is 11.1 Å². The number of carbonyl (C=O) groups is 1. The third-order valence-electron chi connectivity index (χ3n) is 2.18. The van der Waals surface area contributed by atoms with Crippen molar-refractivity contribution < 1.29 is 4.79 Å². The van der Waals surface area contributed by atoms with Crippen LogP contribution in [0.4, 0.5) is 4.79 Å². The van der Waals surface area contributed by atoms with Crippen molar-refractivity contribution in [1.29, 1.82) is 0 Å². The molecule has 0 saturated heterocycles. The summed E-state index contributed by atoms with van der Waals surface area (Å²) in [4.78, 5) is 10.5. The van der Waals surface area contributed by atoms with Crippen LogP contribution in [0.15, 0.2) is 24.3 Å². The summed E-state index contributed by atoms with van der Waals surface area (Å²) < 4.78 is 0. The maximum absolute atomic E-state index is 10.5. The quantitative estimate of drug-likeness (QED) is 0.646. The van der Waals surface area contributed by atoms with E-state index >= 15 is 0 Å². The third-order valence-corrected chi connectivity index (χ3v) is 2.18. The van der Waals surface area contributed by atoms with Gasteiger partial charge in [0.1, 0.15) is 0 Å². The minimum absolute atomic E-state index is 0.